The molecule has 434 valence electrons. The second-order valence-electron chi connectivity index (χ2n) is 19.4. The summed E-state index contributed by atoms with van der Waals surface area (Å²) in [5.41, 5.74) is 4.06. The molecule has 0 bridgehead atoms. The number of nitrogens with zero attached hydrogens (tertiary/aromatic N) is 4. The molecule has 2 aromatic rings. The average molecular weight is 1150 g/mol. The Morgan fingerprint density at radius 3 is 2.01 bits per heavy atom. The number of aliphatic hydroxyl groups is 2. The van der Waals surface area contributed by atoms with Crippen LogP contribution in [-0.2, 0) is 55.5 Å². The molecule has 6 N–H and O–H groups in total. The maximum absolute atomic E-state index is 12.7. The highest BCUT2D eigenvalue weighted by Gasteiger charge is 2.47. The fourth-order valence-corrected chi connectivity index (χ4v) is 11.5. The van der Waals surface area contributed by atoms with Crippen LogP contribution in [-0.4, -0.2) is 109 Å². The van der Waals surface area contributed by atoms with Crippen molar-refractivity contribution >= 4 is 74.9 Å². The number of fused-ring (bicyclic) bond motifs is 1. The molecule has 0 radical (unpaired) electrons. The number of nitrogens with one attached hydrogen (secondary N) is 2. The molecule has 1 aliphatic rings. The highest BCUT2D eigenvalue weighted by atomic mass is 32.2. The van der Waals surface area contributed by atoms with Gasteiger partial charge in [0, 0.05) is 37.1 Å². The Labute approximate surface area is 449 Å². The lowest BCUT2D eigenvalue weighted by Gasteiger charge is -2.36. The number of nitrogen functional groups attached to an aromatic ring is 1. The first kappa shape index (κ1) is 67.2. The van der Waals surface area contributed by atoms with Gasteiger partial charge in [0.05, 0.1) is 33.8 Å². The van der Waals surface area contributed by atoms with Crippen LogP contribution in [0.4, 0.5) is 5.82 Å². The van der Waals surface area contributed by atoms with Gasteiger partial charge < -0.3 is 69.0 Å². The number of aromatic nitrogens is 4. The van der Waals surface area contributed by atoms with Crippen molar-refractivity contribution in [2.75, 3.05) is 37.8 Å². The second kappa shape index (κ2) is 34.9. The van der Waals surface area contributed by atoms with E-state index in [4.69, 9.17) is 10.5 Å². The number of amides is 2. The van der Waals surface area contributed by atoms with Crippen molar-refractivity contribution in [1.82, 2.24) is 30.2 Å². The van der Waals surface area contributed by atoms with Crippen LogP contribution in [0.25, 0.3) is 11.2 Å². The summed E-state index contributed by atoms with van der Waals surface area (Å²) in [5, 5.41) is 26.1. The molecule has 25 nitrogen and oxygen atoms in total. The maximum Gasteiger partial charge on any atom is 0.274 e. The zero-order valence-electron chi connectivity index (χ0n) is 43.8. The van der Waals surface area contributed by atoms with E-state index in [1.54, 1.807) is 0 Å². The molecule has 3 heterocycles. The standard InChI is InChI=1S/C47H82N7O18P3S/c1-4-5-6-7-8-9-10-11-12-13-14-15-16-17-18-19-20-21-22-23-24-25-35(55)30-38(57)76-29-28-49-37(56)26-27-50-45(60)42(59)47(2,3)32-69-75(66,67)72-74(64,65)68-31-36-41(71-73(61,62)63)40(58)46(70-36)54-34-53-39-43(48)51-33-52-44(39)54/h11-12,33-34,36,40-42,46,58-59H,4-10,13-32H2,1-3H3,(H,49,56)(H,50,60)(H,64,65)(H,66,67)(H2,48,51,52)(H2,61,62,63)/p-4/b12-11-/t36-,40-,41-,42+,46-/m1/s1. The lowest BCUT2D eigenvalue weighted by molar-refractivity contribution is -0.347. The van der Waals surface area contributed by atoms with Gasteiger partial charge in [-0.15, -0.1) is 0 Å². The number of anilines is 1. The fourth-order valence-electron chi connectivity index (χ4n) is 8.03. The predicted octanol–water partition coefficient (Wildman–Crippen LogP) is 4.47. The van der Waals surface area contributed by atoms with Crippen molar-refractivity contribution in [3.05, 3.63) is 24.8 Å². The van der Waals surface area contributed by atoms with Gasteiger partial charge in [-0.25, -0.2) is 19.3 Å². The molecule has 2 unspecified atom stereocenters. The molecule has 0 aliphatic carbocycles. The number of Topliss-reactive ketones (excluding diaryl/α,β-unsaturated/α-hetero) is 1. The first-order valence-corrected chi connectivity index (χ1v) is 31.5. The average Bonchev–Trinajstić information content (AvgIpc) is 3.91. The Kier molecular flexibility index (Phi) is 30.8. The molecule has 76 heavy (non-hydrogen) atoms. The molecule has 1 fully saturated rings. The number of ketones is 1. The van der Waals surface area contributed by atoms with E-state index < -0.39 is 84.6 Å². The van der Waals surface area contributed by atoms with Crippen LogP contribution in [0.1, 0.15) is 168 Å². The molecule has 2 aromatic heterocycles. The van der Waals surface area contributed by atoms with Crippen molar-refractivity contribution in [3.63, 3.8) is 0 Å². The van der Waals surface area contributed by atoms with Crippen LogP contribution in [0.5, 0.6) is 0 Å². The smallest absolute Gasteiger partial charge is 0.274 e. The first-order chi connectivity index (χ1) is 35.9. The van der Waals surface area contributed by atoms with Crippen molar-refractivity contribution in [1.29, 1.82) is 0 Å². The molecular formula is C47H78N7O18P3S-4. The lowest BCUT2D eigenvalue weighted by Crippen LogP contribution is -2.46. The molecule has 0 saturated carbocycles. The normalized spacial score (nSPS) is 19.2. The molecule has 1 aliphatic heterocycles. The minimum Gasteiger partial charge on any atom is -0.790 e. The Morgan fingerprint density at radius 2 is 1.41 bits per heavy atom. The van der Waals surface area contributed by atoms with Gasteiger partial charge in [0.1, 0.15) is 42.0 Å². The van der Waals surface area contributed by atoms with Crippen LogP contribution in [0.2, 0.25) is 0 Å². The fraction of sp³-hybridized carbons (Fsp3) is 0.766. The SMILES string of the molecule is CCCCCCCC/C=C\CCCCCCCCCCCCCC(=O)CC(=O)SCCNC(=O)CCNC(=O)[C@H](O)C(C)(C)COP(=O)([O-])OP(=O)([O-])OC[C@H]1O[C@@H](n2cnc3c(N)ncnc32)[C@H](O)[C@@H]1OP(=O)([O-])[O-]. The van der Waals surface area contributed by atoms with E-state index in [-0.39, 0.29) is 59.6 Å². The number of ether oxygens (including phenoxy) is 1. The van der Waals surface area contributed by atoms with Gasteiger partial charge >= 0.3 is 0 Å². The predicted molar refractivity (Wildman–Crippen MR) is 275 cm³/mol. The Bertz CT molecular complexity index is 2270. The number of hydrogen-bond donors (Lipinski definition) is 5. The minimum atomic E-state index is -5.94. The van der Waals surface area contributed by atoms with Crippen LogP contribution in [0.3, 0.4) is 0 Å². The van der Waals surface area contributed by atoms with E-state index in [1.165, 1.54) is 110 Å². The number of carbonyl (C=O) groups excluding carboxylic acids is 4. The van der Waals surface area contributed by atoms with Gasteiger partial charge in [0.2, 0.25) is 11.8 Å². The van der Waals surface area contributed by atoms with E-state index in [2.05, 4.69) is 62.5 Å². The molecule has 0 aromatic carbocycles. The zero-order chi connectivity index (χ0) is 56.2. The van der Waals surface area contributed by atoms with Crippen LogP contribution in [0, 0.1) is 5.41 Å². The topological polar surface area (TPSA) is 392 Å². The summed E-state index contributed by atoms with van der Waals surface area (Å²) in [7, 11) is -17.7. The third kappa shape index (κ3) is 26.7. The van der Waals surface area contributed by atoms with E-state index in [0.29, 0.717) is 6.42 Å². The number of unbranched alkanes of at least 4 members (excludes halogenated alkanes) is 17. The number of imidazole rings is 1. The largest absolute Gasteiger partial charge is 0.790 e. The monoisotopic (exact) mass is 1150 g/mol. The number of aliphatic hydroxyl groups excluding tert-OH is 2. The molecule has 1 saturated heterocycles. The summed E-state index contributed by atoms with van der Waals surface area (Å²) >= 11 is 0.931. The van der Waals surface area contributed by atoms with Gasteiger partial charge in [-0.1, -0.05) is 135 Å². The van der Waals surface area contributed by atoms with Gasteiger partial charge in [-0.3, -0.25) is 32.9 Å². The Balaban J connectivity index is 1.22. The second-order valence-corrected chi connectivity index (χ2v) is 24.6. The first-order valence-electron chi connectivity index (χ1n) is 26.1. The summed E-state index contributed by atoms with van der Waals surface area (Å²) in [5.74, 6) is -1.51. The summed E-state index contributed by atoms with van der Waals surface area (Å²) in [6, 6.07) is 0. The summed E-state index contributed by atoms with van der Waals surface area (Å²) in [6.45, 7) is 2.19. The molecule has 3 rings (SSSR count). The Hall–Kier alpha value is -3.03. The number of allylic oxidation sites excluding steroid dienone is 2. The van der Waals surface area contributed by atoms with Crippen LogP contribution < -0.4 is 35.9 Å². The molecular weight excluding hydrogens is 1080 g/mol. The number of hydrogen-bond acceptors (Lipinski definition) is 23. The number of carbonyl (C=O) groups is 4. The van der Waals surface area contributed by atoms with Crippen molar-refractivity contribution in [3.8, 4) is 0 Å². The third-order valence-electron chi connectivity index (χ3n) is 12.3. The molecule has 2 amide bonds. The molecule has 7 atom stereocenters. The number of rotatable bonds is 42. The maximum atomic E-state index is 12.7. The summed E-state index contributed by atoms with van der Waals surface area (Å²) in [6.07, 6.45) is 20.4. The molecule has 29 heteroatoms. The molecule has 0 spiro atoms. The zero-order valence-corrected chi connectivity index (χ0v) is 47.3. The quantitative estimate of drug-likeness (QED) is 0.0265. The lowest BCUT2D eigenvalue weighted by atomic mass is 9.87. The highest BCUT2D eigenvalue weighted by Crippen LogP contribution is 2.56. The number of thioether (sulfide) groups is 1. The third-order valence-corrected chi connectivity index (χ3v) is 16.2. The van der Waals surface area contributed by atoms with E-state index >= 15 is 0 Å². The number of nitrogens with two attached hydrogens (primary N) is 1. The van der Waals surface area contributed by atoms with Gasteiger partial charge in [-0.05, 0) is 32.1 Å². The van der Waals surface area contributed by atoms with Crippen LogP contribution >= 0.6 is 35.2 Å². The van der Waals surface area contributed by atoms with E-state index in [9.17, 15) is 62.7 Å². The van der Waals surface area contributed by atoms with Crippen LogP contribution in [0.15, 0.2) is 24.8 Å². The highest BCUT2D eigenvalue weighted by molar-refractivity contribution is 8.13. The van der Waals surface area contributed by atoms with E-state index in [0.717, 1.165) is 54.7 Å². The van der Waals surface area contributed by atoms with Gasteiger partial charge in [0.25, 0.3) is 15.6 Å². The Morgan fingerprint density at radius 1 is 0.829 bits per heavy atom. The minimum absolute atomic E-state index is 0.0253. The van der Waals surface area contributed by atoms with Crippen molar-refractivity contribution < 1.29 is 85.3 Å². The van der Waals surface area contributed by atoms with E-state index in [1.807, 2.05) is 0 Å². The van der Waals surface area contributed by atoms with Crippen molar-refractivity contribution in [2.24, 2.45) is 5.41 Å². The summed E-state index contributed by atoms with van der Waals surface area (Å²) in [4.78, 5) is 109. The van der Waals surface area contributed by atoms with Gasteiger partial charge in [0.15, 0.2) is 22.8 Å². The summed E-state index contributed by atoms with van der Waals surface area (Å²) < 4.78 is 60.9. The van der Waals surface area contributed by atoms with Gasteiger partial charge in [-0.2, -0.15) is 0 Å². The number of phosphoric ester groups is 3. The van der Waals surface area contributed by atoms with Crippen molar-refractivity contribution in [2.45, 2.75) is 193 Å². The number of phosphoric acid groups is 3.